The van der Waals surface area contributed by atoms with Crippen LogP contribution >= 0.6 is 11.8 Å². The summed E-state index contributed by atoms with van der Waals surface area (Å²) in [6, 6.07) is 7.23. The van der Waals surface area contributed by atoms with Crippen molar-refractivity contribution in [3.8, 4) is 5.75 Å². The van der Waals surface area contributed by atoms with Gasteiger partial charge in [-0.15, -0.1) is 11.8 Å². The Labute approximate surface area is 134 Å². The number of benzene rings is 1. The highest BCUT2D eigenvalue weighted by Crippen LogP contribution is 2.29. The van der Waals surface area contributed by atoms with E-state index in [1.54, 1.807) is 32.0 Å². The summed E-state index contributed by atoms with van der Waals surface area (Å²) in [6.45, 7) is 0.269. The first-order chi connectivity index (χ1) is 10.5. The van der Waals surface area contributed by atoms with Crippen LogP contribution in [0, 0.1) is 0 Å². The molecule has 0 bridgehead atoms. The molecule has 6 nitrogen and oxygen atoms in total. The molecule has 0 aliphatic rings. The van der Waals surface area contributed by atoms with Crippen molar-refractivity contribution in [3.63, 3.8) is 0 Å². The monoisotopic (exact) mass is 342 g/mol. The molecule has 120 valence electrons. The molecule has 0 radical (unpaired) electrons. The van der Waals surface area contributed by atoms with Crippen LogP contribution in [0.25, 0.3) is 0 Å². The van der Waals surface area contributed by atoms with Gasteiger partial charge in [0.05, 0.1) is 12.8 Å². The smallest absolute Gasteiger partial charge is 0.220 e. The average molecular weight is 342 g/mol. The van der Waals surface area contributed by atoms with Crippen molar-refractivity contribution >= 4 is 21.8 Å². The second kappa shape index (κ2) is 7.17. The quantitative estimate of drug-likeness (QED) is 0.719. The van der Waals surface area contributed by atoms with Gasteiger partial charge in [-0.2, -0.15) is 0 Å². The second-order valence-electron chi connectivity index (χ2n) is 4.69. The van der Waals surface area contributed by atoms with Crippen molar-refractivity contribution in [2.45, 2.75) is 17.2 Å². The SMILES string of the molecule is COc1cc(CN(C)S(=O)(=O)Cc2ccon2)ccc1SC. The van der Waals surface area contributed by atoms with Crippen LogP contribution in [-0.4, -0.2) is 38.3 Å². The Bertz CT molecular complexity index is 714. The molecule has 0 saturated carbocycles. The maximum Gasteiger partial charge on any atom is 0.220 e. The van der Waals surface area contributed by atoms with E-state index in [1.165, 1.54) is 10.6 Å². The summed E-state index contributed by atoms with van der Waals surface area (Å²) in [6.07, 6.45) is 3.32. The number of rotatable bonds is 7. The molecule has 0 fully saturated rings. The van der Waals surface area contributed by atoms with Crippen molar-refractivity contribution < 1.29 is 17.7 Å². The van der Waals surface area contributed by atoms with Gasteiger partial charge in [0.15, 0.2) is 0 Å². The van der Waals surface area contributed by atoms with Gasteiger partial charge in [-0.3, -0.25) is 0 Å². The molecule has 22 heavy (non-hydrogen) atoms. The fourth-order valence-electron chi connectivity index (χ4n) is 1.94. The molecule has 2 rings (SSSR count). The first kappa shape index (κ1) is 16.9. The third kappa shape index (κ3) is 4.02. The molecular weight excluding hydrogens is 324 g/mol. The first-order valence-electron chi connectivity index (χ1n) is 6.50. The van der Waals surface area contributed by atoms with Gasteiger partial charge in [-0.25, -0.2) is 12.7 Å². The van der Waals surface area contributed by atoms with Gasteiger partial charge < -0.3 is 9.26 Å². The summed E-state index contributed by atoms with van der Waals surface area (Å²) < 4.78 is 35.9. The van der Waals surface area contributed by atoms with Gasteiger partial charge >= 0.3 is 0 Å². The largest absolute Gasteiger partial charge is 0.496 e. The lowest BCUT2D eigenvalue weighted by atomic mass is 10.2. The molecule has 0 aliphatic carbocycles. The molecule has 0 aliphatic heterocycles. The molecule has 0 unspecified atom stereocenters. The zero-order valence-corrected chi connectivity index (χ0v) is 14.3. The van der Waals surface area contributed by atoms with E-state index >= 15 is 0 Å². The summed E-state index contributed by atoms with van der Waals surface area (Å²) >= 11 is 1.58. The summed E-state index contributed by atoms with van der Waals surface area (Å²) in [7, 11) is -0.305. The average Bonchev–Trinajstić information content (AvgIpc) is 2.99. The lowest BCUT2D eigenvalue weighted by Crippen LogP contribution is -2.27. The van der Waals surface area contributed by atoms with Crippen molar-refractivity contribution in [1.82, 2.24) is 9.46 Å². The number of sulfonamides is 1. The highest BCUT2D eigenvalue weighted by molar-refractivity contribution is 7.98. The molecule has 1 aromatic heterocycles. The fourth-order valence-corrected chi connectivity index (χ4v) is 3.58. The van der Waals surface area contributed by atoms with Gasteiger partial charge in [0, 0.05) is 24.6 Å². The van der Waals surface area contributed by atoms with E-state index in [4.69, 9.17) is 4.74 Å². The van der Waals surface area contributed by atoms with Gasteiger partial charge in [0.25, 0.3) is 0 Å². The van der Waals surface area contributed by atoms with Crippen LogP contribution in [0.5, 0.6) is 5.75 Å². The van der Waals surface area contributed by atoms with Crippen LogP contribution < -0.4 is 4.74 Å². The third-order valence-corrected chi connectivity index (χ3v) is 5.67. The number of aromatic nitrogens is 1. The first-order valence-corrected chi connectivity index (χ1v) is 9.34. The Kier molecular flexibility index (Phi) is 5.49. The predicted octanol–water partition coefficient (Wildman–Crippen LogP) is 2.37. The van der Waals surface area contributed by atoms with E-state index in [1.807, 2.05) is 24.5 Å². The molecular formula is C14H18N2O4S2. The number of ether oxygens (including phenoxy) is 1. The summed E-state index contributed by atoms with van der Waals surface area (Å²) in [5.41, 5.74) is 1.25. The van der Waals surface area contributed by atoms with Crippen molar-refractivity contribution in [1.29, 1.82) is 0 Å². The molecule has 2 aromatic rings. The fraction of sp³-hybridized carbons (Fsp3) is 0.357. The van der Waals surface area contributed by atoms with Crippen LogP contribution in [-0.2, 0) is 22.3 Å². The topological polar surface area (TPSA) is 72.6 Å². The molecule has 0 saturated heterocycles. The standard InChI is InChI=1S/C14H18N2O4S2/c1-16(22(17,18)10-12-6-7-20-15-12)9-11-4-5-14(21-3)13(8-11)19-2/h4-8H,9-10H2,1-3H3. The zero-order valence-electron chi connectivity index (χ0n) is 12.6. The summed E-state index contributed by atoms with van der Waals surface area (Å²) in [5, 5.41) is 3.64. The number of methoxy groups -OCH3 is 1. The van der Waals surface area contributed by atoms with E-state index in [-0.39, 0.29) is 12.3 Å². The van der Waals surface area contributed by atoms with E-state index in [0.29, 0.717) is 5.69 Å². The summed E-state index contributed by atoms with van der Waals surface area (Å²) in [4.78, 5) is 1.01. The zero-order chi connectivity index (χ0) is 16.2. The molecule has 8 heteroatoms. The van der Waals surface area contributed by atoms with Crippen LogP contribution in [0.15, 0.2) is 39.9 Å². The Morgan fingerprint density at radius 2 is 2.14 bits per heavy atom. The highest BCUT2D eigenvalue weighted by atomic mass is 32.2. The third-order valence-electron chi connectivity index (χ3n) is 3.15. The normalized spacial score (nSPS) is 11.8. The molecule has 1 aromatic carbocycles. The van der Waals surface area contributed by atoms with Crippen molar-refractivity contribution in [2.75, 3.05) is 20.4 Å². The molecule has 0 spiro atoms. The lowest BCUT2D eigenvalue weighted by Gasteiger charge is -2.17. The lowest BCUT2D eigenvalue weighted by molar-refractivity contribution is 0.402. The Morgan fingerprint density at radius 3 is 2.73 bits per heavy atom. The number of thioether (sulfide) groups is 1. The van der Waals surface area contributed by atoms with Crippen LogP contribution in [0.1, 0.15) is 11.3 Å². The minimum atomic E-state index is -3.45. The maximum atomic E-state index is 12.3. The number of hydrogen-bond donors (Lipinski definition) is 0. The van der Waals surface area contributed by atoms with E-state index < -0.39 is 10.0 Å². The minimum Gasteiger partial charge on any atom is -0.496 e. The molecule has 0 atom stereocenters. The van der Waals surface area contributed by atoms with Crippen LogP contribution in [0.2, 0.25) is 0 Å². The second-order valence-corrected chi connectivity index (χ2v) is 7.62. The van der Waals surface area contributed by atoms with Crippen LogP contribution in [0.3, 0.4) is 0 Å². The summed E-state index contributed by atoms with van der Waals surface area (Å²) in [5.74, 6) is 0.562. The van der Waals surface area contributed by atoms with Crippen molar-refractivity contribution in [3.05, 3.63) is 41.8 Å². The van der Waals surface area contributed by atoms with Gasteiger partial charge in [0.1, 0.15) is 17.8 Å². The van der Waals surface area contributed by atoms with E-state index in [0.717, 1.165) is 16.2 Å². The van der Waals surface area contributed by atoms with Gasteiger partial charge in [0.2, 0.25) is 10.0 Å². The number of hydrogen-bond acceptors (Lipinski definition) is 6. The predicted molar refractivity (Wildman–Crippen MR) is 85.4 cm³/mol. The molecule has 1 heterocycles. The van der Waals surface area contributed by atoms with Crippen LogP contribution in [0.4, 0.5) is 0 Å². The van der Waals surface area contributed by atoms with Gasteiger partial charge in [-0.1, -0.05) is 11.2 Å². The molecule has 0 amide bonds. The van der Waals surface area contributed by atoms with E-state index in [2.05, 4.69) is 9.68 Å². The van der Waals surface area contributed by atoms with E-state index in [9.17, 15) is 8.42 Å². The Balaban J connectivity index is 2.12. The minimum absolute atomic E-state index is 0.181. The van der Waals surface area contributed by atoms with Gasteiger partial charge in [-0.05, 0) is 24.0 Å². The Morgan fingerprint density at radius 1 is 1.36 bits per heavy atom. The molecule has 0 N–H and O–H groups in total. The highest BCUT2D eigenvalue weighted by Gasteiger charge is 2.20. The number of nitrogens with zero attached hydrogens (tertiary/aromatic N) is 2. The maximum absolute atomic E-state index is 12.3. The van der Waals surface area contributed by atoms with Crippen molar-refractivity contribution in [2.24, 2.45) is 0 Å². The Hall–Kier alpha value is -1.51.